The summed E-state index contributed by atoms with van der Waals surface area (Å²) in [4.78, 5) is 20.8. The number of ketones is 1. The number of hydrogen-bond acceptors (Lipinski definition) is 3. The minimum Gasteiger partial charge on any atom is -0.375 e. The van der Waals surface area contributed by atoms with E-state index in [2.05, 4.69) is 33.0 Å². The number of nitrogens with one attached hydrogen (secondary N) is 1. The van der Waals surface area contributed by atoms with Crippen LogP contribution in [0.5, 0.6) is 0 Å². The highest BCUT2D eigenvalue weighted by Gasteiger charge is 2.36. The van der Waals surface area contributed by atoms with E-state index in [0.29, 0.717) is 17.9 Å². The van der Waals surface area contributed by atoms with Gasteiger partial charge >= 0.3 is 0 Å². The maximum absolute atomic E-state index is 10.9. The molecule has 4 heteroatoms. The van der Waals surface area contributed by atoms with E-state index in [1.54, 1.807) is 6.08 Å². The fraction of sp³-hybridized carbons (Fsp3) is 0.727. The van der Waals surface area contributed by atoms with Crippen LogP contribution in [0.3, 0.4) is 0 Å². The molecule has 0 heterocycles. The van der Waals surface area contributed by atoms with Gasteiger partial charge in [-0.25, -0.2) is 0 Å². The SMILES string of the molecule is CC(=O)/C(C=C(C)C)=C/NC=O.CCC(C)C(C)COC1(CC)CCC1. The van der Waals surface area contributed by atoms with Crippen LogP contribution in [-0.4, -0.2) is 24.4 Å². The summed E-state index contributed by atoms with van der Waals surface area (Å²) in [5, 5.41) is 2.33. The van der Waals surface area contributed by atoms with Crippen LogP contribution >= 0.6 is 0 Å². The molecule has 26 heavy (non-hydrogen) atoms. The van der Waals surface area contributed by atoms with Gasteiger partial charge in [0.2, 0.25) is 6.41 Å². The molecule has 2 atom stereocenters. The Morgan fingerprint density at radius 2 is 1.77 bits per heavy atom. The largest absolute Gasteiger partial charge is 0.375 e. The maximum Gasteiger partial charge on any atom is 0.211 e. The monoisotopic (exact) mass is 365 g/mol. The lowest BCUT2D eigenvalue weighted by atomic mass is 9.78. The Balaban J connectivity index is 0.000000488. The van der Waals surface area contributed by atoms with Gasteiger partial charge in [0.25, 0.3) is 0 Å². The Morgan fingerprint density at radius 1 is 1.15 bits per heavy atom. The Hall–Kier alpha value is -1.42. The van der Waals surface area contributed by atoms with Crippen molar-refractivity contribution in [2.45, 2.75) is 86.2 Å². The van der Waals surface area contributed by atoms with Gasteiger partial charge in [-0.15, -0.1) is 0 Å². The van der Waals surface area contributed by atoms with Crippen molar-refractivity contribution < 1.29 is 14.3 Å². The number of carbonyl (C=O) groups is 2. The topological polar surface area (TPSA) is 55.4 Å². The lowest BCUT2D eigenvalue weighted by Crippen LogP contribution is -2.40. The van der Waals surface area contributed by atoms with Crippen LogP contribution < -0.4 is 5.32 Å². The van der Waals surface area contributed by atoms with Crippen molar-refractivity contribution in [2.24, 2.45) is 11.8 Å². The first-order valence-corrected chi connectivity index (χ1v) is 9.91. The molecule has 0 aromatic carbocycles. The minimum atomic E-state index is -0.0643. The number of rotatable bonds is 10. The zero-order chi connectivity index (χ0) is 20.2. The average Bonchev–Trinajstić information content (AvgIpc) is 2.57. The standard InChI is InChI=1S/C13H26O.C9H13NO2/c1-5-11(3)12(4)10-14-13(6-2)8-7-9-13;1-7(2)4-9(8(3)12)5-10-6-11/h11-12H,5-10H2,1-4H3;4-6H,1-3H3,(H,10,11)/b;9-5+. The van der Waals surface area contributed by atoms with E-state index < -0.39 is 0 Å². The number of ether oxygens (including phenoxy) is 1. The van der Waals surface area contributed by atoms with Crippen LogP contribution in [0.15, 0.2) is 23.4 Å². The first-order valence-electron chi connectivity index (χ1n) is 9.91. The normalized spacial score (nSPS) is 17.7. The Labute approximate surface area is 160 Å². The molecule has 1 amide bonds. The molecular weight excluding hydrogens is 326 g/mol. The van der Waals surface area contributed by atoms with E-state index in [-0.39, 0.29) is 11.4 Å². The molecule has 1 fully saturated rings. The number of hydrogen-bond donors (Lipinski definition) is 1. The molecular formula is C22H39NO3. The van der Waals surface area contributed by atoms with Crippen molar-refractivity contribution in [3.8, 4) is 0 Å². The molecule has 0 bridgehead atoms. The first kappa shape index (κ1) is 24.6. The number of amides is 1. The van der Waals surface area contributed by atoms with Gasteiger partial charge in [-0.05, 0) is 58.3 Å². The van der Waals surface area contributed by atoms with Gasteiger partial charge in [0.05, 0.1) is 12.2 Å². The fourth-order valence-electron chi connectivity index (χ4n) is 2.73. The molecule has 0 aromatic heterocycles. The molecule has 1 aliphatic rings. The average molecular weight is 366 g/mol. The Kier molecular flexibility index (Phi) is 12.2. The van der Waals surface area contributed by atoms with Crippen molar-refractivity contribution in [3.63, 3.8) is 0 Å². The van der Waals surface area contributed by atoms with Crippen molar-refractivity contribution in [1.29, 1.82) is 0 Å². The second-order valence-corrected chi connectivity index (χ2v) is 7.73. The van der Waals surface area contributed by atoms with Gasteiger partial charge < -0.3 is 10.1 Å². The molecule has 1 rings (SSSR count). The van der Waals surface area contributed by atoms with Crippen LogP contribution in [-0.2, 0) is 14.3 Å². The molecule has 150 valence electrons. The molecule has 1 saturated carbocycles. The van der Waals surface area contributed by atoms with Crippen LogP contribution in [0.4, 0.5) is 0 Å². The number of carbonyl (C=O) groups excluding carboxylic acids is 2. The third kappa shape index (κ3) is 9.33. The number of Topliss-reactive ketones (excluding diaryl/α,β-unsaturated/α-hetero) is 1. The van der Waals surface area contributed by atoms with Gasteiger partial charge in [0.1, 0.15) is 0 Å². The van der Waals surface area contributed by atoms with E-state index >= 15 is 0 Å². The third-order valence-electron chi connectivity index (χ3n) is 5.33. The summed E-state index contributed by atoms with van der Waals surface area (Å²) in [6, 6.07) is 0. The summed E-state index contributed by atoms with van der Waals surface area (Å²) < 4.78 is 6.10. The first-order chi connectivity index (χ1) is 12.2. The van der Waals surface area contributed by atoms with E-state index in [0.717, 1.165) is 18.1 Å². The molecule has 1 aliphatic carbocycles. The molecule has 4 nitrogen and oxygen atoms in total. The summed E-state index contributed by atoms with van der Waals surface area (Å²) in [6.07, 6.45) is 10.0. The fourth-order valence-corrected chi connectivity index (χ4v) is 2.73. The van der Waals surface area contributed by atoms with Crippen LogP contribution in [0.2, 0.25) is 0 Å². The summed E-state index contributed by atoms with van der Waals surface area (Å²) in [5.41, 5.74) is 1.80. The van der Waals surface area contributed by atoms with Crippen molar-refractivity contribution in [2.75, 3.05) is 6.61 Å². The van der Waals surface area contributed by atoms with Gasteiger partial charge in [-0.1, -0.05) is 45.8 Å². The summed E-state index contributed by atoms with van der Waals surface area (Å²) in [6.45, 7) is 15.4. The van der Waals surface area contributed by atoms with Crippen molar-refractivity contribution >= 4 is 12.2 Å². The van der Waals surface area contributed by atoms with Gasteiger partial charge in [0.15, 0.2) is 5.78 Å². The zero-order valence-corrected chi connectivity index (χ0v) is 17.9. The third-order valence-corrected chi connectivity index (χ3v) is 5.33. The molecule has 0 spiro atoms. The predicted octanol–water partition coefficient (Wildman–Crippen LogP) is 5.19. The van der Waals surface area contributed by atoms with Gasteiger partial charge in [-0.3, -0.25) is 9.59 Å². The maximum atomic E-state index is 10.9. The van der Waals surface area contributed by atoms with Crippen LogP contribution in [0.1, 0.15) is 80.6 Å². The van der Waals surface area contributed by atoms with Crippen molar-refractivity contribution in [1.82, 2.24) is 5.32 Å². The molecule has 0 aromatic rings. The molecule has 0 aliphatic heterocycles. The van der Waals surface area contributed by atoms with E-state index in [4.69, 9.17) is 4.74 Å². The van der Waals surface area contributed by atoms with E-state index in [1.807, 2.05) is 13.8 Å². The van der Waals surface area contributed by atoms with Crippen LogP contribution in [0, 0.1) is 11.8 Å². The second kappa shape index (κ2) is 12.9. The molecule has 1 N–H and O–H groups in total. The molecule has 2 unspecified atom stereocenters. The van der Waals surface area contributed by atoms with E-state index in [9.17, 15) is 9.59 Å². The van der Waals surface area contributed by atoms with Crippen LogP contribution in [0.25, 0.3) is 0 Å². The smallest absolute Gasteiger partial charge is 0.211 e. The summed E-state index contributed by atoms with van der Waals surface area (Å²) >= 11 is 0. The second-order valence-electron chi connectivity index (χ2n) is 7.73. The lowest BCUT2D eigenvalue weighted by molar-refractivity contribution is -0.116. The Morgan fingerprint density at radius 3 is 2.12 bits per heavy atom. The van der Waals surface area contributed by atoms with Crippen molar-refractivity contribution in [3.05, 3.63) is 23.4 Å². The quantitative estimate of drug-likeness (QED) is 0.329. The highest BCUT2D eigenvalue weighted by molar-refractivity contribution is 5.96. The molecule has 0 saturated heterocycles. The highest BCUT2D eigenvalue weighted by atomic mass is 16.5. The van der Waals surface area contributed by atoms with Gasteiger partial charge in [0, 0.05) is 11.8 Å². The zero-order valence-electron chi connectivity index (χ0n) is 17.9. The lowest BCUT2D eigenvalue weighted by Gasteiger charge is -2.42. The molecule has 0 radical (unpaired) electrons. The van der Waals surface area contributed by atoms with Gasteiger partial charge in [-0.2, -0.15) is 0 Å². The summed E-state index contributed by atoms with van der Waals surface area (Å²) in [7, 11) is 0. The highest BCUT2D eigenvalue weighted by Crippen LogP contribution is 2.39. The Bertz CT molecular complexity index is 480. The number of allylic oxidation sites excluding steroid dienone is 3. The minimum absolute atomic E-state index is 0.0643. The van der Waals surface area contributed by atoms with E-state index in [1.165, 1.54) is 45.2 Å². The predicted molar refractivity (Wildman–Crippen MR) is 109 cm³/mol. The summed E-state index contributed by atoms with van der Waals surface area (Å²) in [5.74, 6) is 1.44.